The summed E-state index contributed by atoms with van der Waals surface area (Å²) in [5.41, 5.74) is 9.95. The lowest BCUT2D eigenvalue weighted by Gasteiger charge is -2.21. The van der Waals surface area contributed by atoms with Crippen LogP contribution in [0.15, 0.2) is 36.5 Å². The Labute approximate surface area is 170 Å². The van der Waals surface area contributed by atoms with Gasteiger partial charge in [0.05, 0.1) is 24.4 Å². The molecule has 3 aliphatic rings. The summed E-state index contributed by atoms with van der Waals surface area (Å²) in [6.45, 7) is 1.81. The fourth-order valence-corrected chi connectivity index (χ4v) is 4.44. The predicted octanol–water partition coefficient (Wildman–Crippen LogP) is 3.72. The first-order valence-electron chi connectivity index (χ1n) is 10.4. The third kappa shape index (κ3) is 3.57. The topological polar surface area (TPSA) is 63.4 Å². The second kappa shape index (κ2) is 7.34. The predicted molar refractivity (Wildman–Crippen MR) is 112 cm³/mol. The van der Waals surface area contributed by atoms with Crippen LogP contribution in [-0.2, 0) is 0 Å². The van der Waals surface area contributed by atoms with Gasteiger partial charge in [0.15, 0.2) is 0 Å². The third-order valence-electron chi connectivity index (χ3n) is 6.21. The summed E-state index contributed by atoms with van der Waals surface area (Å²) in [6.07, 6.45) is 6.08. The van der Waals surface area contributed by atoms with Crippen LogP contribution in [0.1, 0.15) is 54.5 Å². The van der Waals surface area contributed by atoms with Crippen molar-refractivity contribution in [1.29, 1.82) is 0 Å². The van der Waals surface area contributed by atoms with E-state index in [1.165, 1.54) is 24.5 Å². The third-order valence-corrected chi connectivity index (χ3v) is 6.21. The number of benzene rings is 1. The Hall–Kier alpha value is -2.60. The number of hydrogen-bond acceptors (Lipinski definition) is 5. The lowest BCUT2D eigenvalue weighted by molar-refractivity contribution is 0.409. The lowest BCUT2D eigenvalue weighted by Crippen LogP contribution is -2.27. The van der Waals surface area contributed by atoms with Crippen LogP contribution in [0.4, 0.5) is 10.2 Å². The van der Waals surface area contributed by atoms with Crippen LogP contribution in [-0.4, -0.2) is 31.2 Å². The van der Waals surface area contributed by atoms with E-state index < -0.39 is 0 Å². The molecule has 0 radical (unpaired) electrons. The highest BCUT2D eigenvalue weighted by Gasteiger charge is 2.30. The molecule has 29 heavy (non-hydrogen) atoms. The summed E-state index contributed by atoms with van der Waals surface area (Å²) in [5, 5.41) is 3.42. The quantitative estimate of drug-likeness (QED) is 0.809. The van der Waals surface area contributed by atoms with Crippen LogP contribution in [0.25, 0.3) is 5.57 Å². The first-order chi connectivity index (χ1) is 14.1. The Morgan fingerprint density at radius 3 is 2.83 bits per heavy atom. The highest BCUT2D eigenvalue weighted by molar-refractivity contribution is 5.73. The van der Waals surface area contributed by atoms with Gasteiger partial charge in [0, 0.05) is 31.8 Å². The minimum Gasteiger partial charge on any atom is -0.496 e. The van der Waals surface area contributed by atoms with E-state index in [1.54, 1.807) is 19.2 Å². The van der Waals surface area contributed by atoms with E-state index in [1.807, 2.05) is 6.20 Å². The van der Waals surface area contributed by atoms with E-state index in [2.05, 4.69) is 22.3 Å². The van der Waals surface area contributed by atoms with Crippen LogP contribution in [0, 0.1) is 5.82 Å². The molecule has 0 spiro atoms. The molecule has 2 aliphatic heterocycles. The van der Waals surface area contributed by atoms with Gasteiger partial charge in [0.2, 0.25) is 0 Å². The lowest BCUT2D eigenvalue weighted by atomic mass is 9.98. The Kier molecular flexibility index (Phi) is 4.66. The molecule has 1 aliphatic carbocycles. The summed E-state index contributed by atoms with van der Waals surface area (Å²) in [6, 6.07) is 9.66. The number of aromatic nitrogens is 1. The van der Waals surface area contributed by atoms with E-state index in [0.717, 1.165) is 36.6 Å². The van der Waals surface area contributed by atoms with Gasteiger partial charge in [-0.2, -0.15) is 0 Å². The molecule has 6 heteroatoms. The largest absolute Gasteiger partial charge is 0.496 e. The maximum Gasteiger partial charge on any atom is 0.134 e. The molecule has 2 aromatic rings. The average molecular weight is 394 g/mol. The second-order valence-electron chi connectivity index (χ2n) is 8.36. The van der Waals surface area contributed by atoms with Gasteiger partial charge < -0.3 is 20.7 Å². The number of nitrogens with zero attached hydrogens (tertiary/aromatic N) is 2. The molecule has 2 unspecified atom stereocenters. The minimum atomic E-state index is -0.260. The Morgan fingerprint density at radius 1 is 1.24 bits per heavy atom. The normalized spacial score (nSPS) is 23.8. The van der Waals surface area contributed by atoms with E-state index in [9.17, 15) is 4.39 Å². The van der Waals surface area contributed by atoms with Crippen molar-refractivity contribution in [3.05, 3.63) is 59.2 Å². The molecular weight excluding hydrogens is 367 g/mol. The van der Waals surface area contributed by atoms with Crippen molar-refractivity contribution in [2.75, 3.05) is 25.1 Å². The van der Waals surface area contributed by atoms with E-state index in [0.29, 0.717) is 23.7 Å². The molecule has 1 saturated carbocycles. The molecular formula is C23H27FN4O. The number of halogens is 1. The summed E-state index contributed by atoms with van der Waals surface area (Å²) < 4.78 is 19.9. The summed E-state index contributed by atoms with van der Waals surface area (Å²) in [7, 11) is 1.58. The minimum absolute atomic E-state index is 0.0306. The molecule has 5 nitrogen and oxygen atoms in total. The molecule has 0 amide bonds. The van der Waals surface area contributed by atoms with Crippen LogP contribution < -0.4 is 20.7 Å². The van der Waals surface area contributed by atoms with Gasteiger partial charge in [-0.05, 0) is 60.6 Å². The molecule has 3 N–H and O–H groups in total. The first-order valence-corrected chi connectivity index (χ1v) is 10.4. The highest BCUT2D eigenvalue weighted by Crippen LogP contribution is 2.43. The Balaban J connectivity index is 1.43. The average Bonchev–Trinajstić information content (AvgIpc) is 3.31. The van der Waals surface area contributed by atoms with Crippen molar-refractivity contribution in [3.8, 4) is 5.75 Å². The first kappa shape index (κ1) is 18.4. The van der Waals surface area contributed by atoms with Gasteiger partial charge in [-0.25, -0.2) is 9.37 Å². The van der Waals surface area contributed by atoms with Crippen molar-refractivity contribution in [3.63, 3.8) is 0 Å². The fourth-order valence-electron chi connectivity index (χ4n) is 4.44. The Morgan fingerprint density at radius 2 is 2.10 bits per heavy atom. The molecule has 5 rings (SSSR count). The molecule has 1 aromatic carbocycles. The zero-order chi connectivity index (χ0) is 20.0. The van der Waals surface area contributed by atoms with Gasteiger partial charge in [0.25, 0.3) is 0 Å². The van der Waals surface area contributed by atoms with E-state index >= 15 is 0 Å². The number of nitrogens with two attached hydrogens (primary N) is 1. The van der Waals surface area contributed by atoms with Crippen molar-refractivity contribution in [2.24, 2.45) is 5.73 Å². The maximum atomic E-state index is 14.5. The van der Waals surface area contributed by atoms with Gasteiger partial charge in [-0.3, -0.25) is 0 Å². The number of ether oxygens (including phenoxy) is 1. The fraction of sp³-hybridized carbons (Fsp3) is 0.435. The van der Waals surface area contributed by atoms with Crippen molar-refractivity contribution >= 4 is 11.4 Å². The summed E-state index contributed by atoms with van der Waals surface area (Å²) in [5.74, 6) is 1.97. The monoisotopic (exact) mass is 394 g/mol. The van der Waals surface area contributed by atoms with Gasteiger partial charge >= 0.3 is 0 Å². The zero-order valence-corrected chi connectivity index (χ0v) is 16.7. The van der Waals surface area contributed by atoms with E-state index in [-0.39, 0.29) is 17.9 Å². The zero-order valence-electron chi connectivity index (χ0n) is 16.7. The number of methoxy groups -OCH3 is 1. The summed E-state index contributed by atoms with van der Waals surface area (Å²) in [4.78, 5) is 7.28. The number of pyridine rings is 1. The molecule has 3 heterocycles. The van der Waals surface area contributed by atoms with Crippen molar-refractivity contribution < 1.29 is 9.13 Å². The number of nitrogens with one attached hydrogen (secondary N) is 1. The number of rotatable bonds is 5. The molecule has 2 fully saturated rings. The van der Waals surface area contributed by atoms with Crippen molar-refractivity contribution in [1.82, 2.24) is 10.3 Å². The van der Waals surface area contributed by atoms with Crippen LogP contribution >= 0.6 is 0 Å². The maximum absolute atomic E-state index is 14.5. The molecule has 1 saturated heterocycles. The van der Waals surface area contributed by atoms with Crippen LogP contribution in [0.5, 0.6) is 5.75 Å². The highest BCUT2D eigenvalue weighted by atomic mass is 19.1. The molecule has 0 bridgehead atoms. The molecule has 2 atom stereocenters. The van der Waals surface area contributed by atoms with Crippen molar-refractivity contribution in [2.45, 2.75) is 43.7 Å². The smallest absolute Gasteiger partial charge is 0.134 e. The van der Waals surface area contributed by atoms with Gasteiger partial charge in [0.1, 0.15) is 17.4 Å². The Bertz CT molecular complexity index is 956. The second-order valence-corrected chi connectivity index (χ2v) is 8.36. The number of hydrogen-bond donors (Lipinski definition) is 2. The molecule has 1 aromatic heterocycles. The van der Waals surface area contributed by atoms with E-state index in [4.69, 9.17) is 15.5 Å². The summed E-state index contributed by atoms with van der Waals surface area (Å²) >= 11 is 0. The SMILES string of the molecule is COc1cccc(F)c1C1=CNC(c2cc(C3CC3)cc(N3CCC(N)C3)n2)C1. The van der Waals surface area contributed by atoms with Crippen LogP contribution in [0.3, 0.4) is 0 Å². The molecule has 152 valence electrons. The van der Waals surface area contributed by atoms with Crippen LogP contribution in [0.2, 0.25) is 0 Å². The number of anilines is 1. The standard InChI is InChI=1S/C23H27FN4O/c1-29-21-4-2-3-18(24)23(21)16-10-19(26-12-16)20-9-15(14-5-6-14)11-22(27-20)28-8-7-17(25)13-28/h2-4,9,11-12,14,17,19,26H,5-8,10,13,25H2,1H3. The van der Waals surface area contributed by atoms with Gasteiger partial charge in [-0.15, -0.1) is 0 Å². The van der Waals surface area contributed by atoms with Gasteiger partial charge in [-0.1, -0.05) is 6.07 Å².